The van der Waals surface area contributed by atoms with Gasteiger partial charge in [0.2, 0.25) is 0 Å². The maximum atomic E-state index is 13.9. The lowest BCUT2D eigenvalue weighted by atomic mass is 9.86. The first-order valence-electron chi connectivity index (χ1n) is 13.4. The number of anilines is 4. The number of fused-ring (bicyclic) bond motifs is 3. The van der Waals surface area contributed by atoms with Crippen molar-refractivity contribution in [2.75, 3.05) is 54.5 Å². The van der Waals surface area contributed by atoms with Crippen molar-refractivity contribution in [3.05, 3.63) is 84.1 Å². The minimum Gasteiger partial charge on any atom is -0.486 e. The van der Waals surface area contributed by atoms with E-state index >= 15 is 0 Å². The summed E-state index contributed by atoms with van der Waals surface area (Å²) in [6.45, 7) is 4.22. The molecule has 1 N–H and O–H groups in total. The van der Waals surface area contributed by atoms with Gasteiger partial charge in [-0.1, -0.05) is 35.5 Å². The van der Waals surface area contributed by atoms with Crippen LogP contribution >= 0.6 is 0 Å². The summed E-state index contributed by atoms with van der Waals surface area (Å²) < 4.78 is 17.5. The van der Waals surface area contributed by atoms with Crippen LogP contribution in [-0.2, 0) is 0 Å². The van der Waals surface area contributed by atoms with Crippen LogP contribution in [0.4, 0.5) is 22.9 Å². The van der Waals surface area contributed by atoms with E-state index in [0.29, 0.717) is 52.8 Å². The Kier molecular flexibility index (Phi) is 5.16. The maximum Gasteiger partial charge on any atom is 0.196 e. The Balaban J connectivity index is 1.23. The number of piperazine rings is 1. The number of carbonyl (C=O) groups excluding carboxylic acids is 1. The molecule has 1 fully saturated rings. The second kappa shape index (κ2) is 9.01. The molecule has 0 amide bonds. The number of hydrogen-bond donors (Lipinski definition) is 1. The molecule has 40 heavy (non-hydrogen) atoms. The van der Waals surface area contributed by atoms with E-state index < -0.39 is 0 Å². The average molecular weight is 532 g/mol. The molecule has 2 aliphatic heterocycles. The molecule has 0 bridgehead atoms. The zero-order valence-corrected chi connectivity index (χ0v) is 21.6. The molecule has 9 heteroatoms. The number of nitrogens with zero attached hydrogens (tertiary/aromatic N) is 4. The summed E-state index contributed by atoms with van der Waals surface area (Å²) in [6, 6.07) is 21.3. The normalized spacial score (nSPS) is 15.8. The monoisotopic (exact) mass is 531 g/mol. The fourth-order valence-electron chi connectivity index (χ4n) is 5.88. The van der Waals surface area contributed by atoms with Gasteiger partial charge in [-0.25, -0.2) is 4.98 Å². The van der Waals surface area contributed by atoms with Gasteiger partial charge in [0.15, 0.2) is 23.0 Å². The van der Waals surface area contributed by atoms with Crippen LogP contribution < -0.4 is 24.6 Å². The van der Waals surface area contributed by atoms with Gasteiger partial charge in [0, 0.05) is 55.3 Å². The van der Waals surface area contributed by atoms with Gasteiger partial charge < -0.3 is 29.1 Å². The van der Waals surface area contributed by atoms with E-state index in [1.54, 1.807) is 0 Å². The number of benzene rings is 3. The Morgan fingerprint density at radius 2 is 1.57 bits per heavy atom. The van der Waals surface area contributed by atoms with E-state index in [9.17, 15) is 4.79 Å². The van der Waals surface area contributed by atoms with Gasteiger partial charge in [0.1, 0.15) is 24.5 Å². The minimum absolute atomic E-state index is 0.0529. The Morgan fingerprint density at radius 1 is 0.800 bits per heavy atom. The molecular formula is C31H25N5O4. The number of carbonyl (C=O) groups is 1. The summed E-state index contributed by atoms with van der Waals surface area (Å²) in [4.78, 5) is 23.1. The van der Waals surface area contributed by atoms with Gasteiger partial charge in [-0.05, 0) is 30.3 Å². The topological polar surface area (TPSA) is 93.0 Å². The molecular weight excluding hydrogens is 506 g/mol. The number of aromatic nitrogens is 2. The predicted molar refractivity (Wildman–Crippen MR) is 152 cm³/mol. The lowest BCUT2D eigenvalue weighted by Gasteiger charge is -2.37. The number of rotatable bonds is 4. The van der Waals surface area contributed by atoms with Crippen molar-refractivity contribution in [2.45, 2.75) is 0 Å². The summed E-state index contributed by atoms with van der Waals surface area (Å²) in [6.07, 6.45) is 1.82. The van der Waals surface area contributed by atoms with Crippen molar-refractivity contribution in [3.8, 4) is 22.8 Å². The zero-order valence-electron chi connectivity index (χ0n) is 21.6. The second-order valence-corrected chi connectivity index (χ2v) is 10.1. The molecule has 4 heterocycles. The molecule has 2 aromatic heterocycles. The summed E-state index contributed by atoms with van der Waals surface area (Å²) in [5.41, 5.74) is 5.08. The number of nitrogens with one attached hydrogen (secondary N) is 1. The van der Waals surface area contributed by atoms with Crippen LogP contribution in [0.1, 0.15) is 15.9 Å². The molecule has 1 aliphatic carbocycles. The Bertz CT molecular complexity index is 1780. The van der Waals surface area contributed by atoms with Crippen LogP contribution in [0.2, 0.25) is 0 Å². The van der Waals surface area contributed by atoms with E-state index in [0.717, 1.165) is 54.3 Å². The van der Waals surface area contributed by atoms with E-state index in [2.05, 4.69) is 25.3 Å². The smallest absolute Gasteiger partial charge is 0.196 e. The SMILES string of the molecule is O=C1c2ccccc2-c2onc3c(N4CCN(c5ccccn5)CC4)cc(Nc4ccc5c(c4)OCCO5)c1c23. The lowest BCUT2D eigenvalue weighted by Crippen LogP contribution is -2.47. The van der Waals surface area contributed by atoms with Crippen LogP contribution in [0, 0.1) is 0 Å². The molecule has 0 saturated carbocycles. The highest BCUT2D eigenvalue weighted by atomic mass is 16.6. The average Bonchev–Trinajstić information content (AvgIpc) is 3.46. The molecule has 0 radical (unpaired) electrons. The van der Waals surface area contributed by atoms with E-state index in [1.165, 1.54) is 0 Å². The van der Waals surface area contributed by atoms with Crippen LogP contribution in [0.5, 0.6) is 11.5 Å². The summed E-state index contributed by atoms with van der Waals surface area (Å²) in [7, 11) is 0. The molecule has 9 nitrogen and oxygen atoms in total. The van der Waals surface area contributed by atoms with Crippen molar-refractivity contribution in [1.29, 1.82) is 0 Å². The van der Waals surface area contributed by atoms with E-state index in [-0.39, 0.29) is 5.78 Å². The fraction of sp³-hybridized carbons (Fsp3) is 0.194. The molecule has 5 aromatic rings. The molecule has 8 rings (SSSR count). The second-order valence-electron chi connectivity index (χ2n) is 10.1. The minimum atomic E-state index is -0.0529. The Labute approximate surface area is 229 Å². The first-order chi connectivity index (χ1) is 19.7. The maximum absolute atomic E-state index is 13.9. The quantitative estimate of drug-likeness (QED) is 0.326. The van der Waals surface area contributed by atoms with Crippen molar-refractivity contribution in [1.82, 2.24) is 10.1 Å². The largest absolute Gasteiger partial charge is 0.486 e. The molecule has 198 valence electrons. The van der Waals surface area contributed by atoms with Crippen molar-refractivity contribution in [3.63, 3.8) is 0 Å². The van der Waals surface area contributed by atoms with Gasteiger partial charge in [-0.2, -0.15) is 0 Å². The van der Waals surface area contributed by atoms with Gasteiger partial charge in [-0.3, -0.25) is 4.79 Å². The molecule has 0 spiro atoms. The Hall–Kier alpha value is -5.05. The number of ether oxygens (including phenoxy) is 2. The van der Waals surface area contributed by atoms with Crippen molar-refractivity contribution < 1.29 is 18.8 Å². The zero-order chi connectivity index (χ0) is 26.6. The molecule has 3 aromatic carbocycles. The summed E-state index contributed by atoms with van der Waals surface area (Å²) in [5.74, 6) is 2.94. The highest BCUT2D eigenvalue weighted by molar-refractivity contribution is 6.28. The van der Waals surface area contributed by atoms with E-state index in [1.807, 2.05) is 72.9 Å². The van der Waals surface area contributed by atoms with Gasteiger partial charge in [0.05, 0.1) is 22.3 Å². The first-order valence-corrected chi connectivity index (χ1v) is 13.4. The predicted octanol–water partition coefficient (Wildman–Crippen LogP) is 5.28. The molecule has 0 atom stereocenters. The number of ketones is 1. The molecule has 0 unspecified atom stereocenters. The lowest BCUT2D eigenvalue weighted by molar-refractivity contribution is 0.104. The van der Waals surface area contributed by atoms with Crippen LogP contribution in [0.3, 0.4) is 0 Å². The molecule has 3 aliphatic rings. The standard InChI is InChI=1S/C31H25N5O4/c37-30-20-5-1-2-6-21(20)31-28-27(30)22(33-19-8-9-24-25(17-19)39-16-15-38-24)18-23(29(28)34-40-31)35-11-13-36(14-12-35)26-7-3-4-10-32-26/h1-10,17-18,33H,11-16H2. The van der Waals surface area contributed by atoms with E-state index in [4.69, 9.17) is 14.0 Å². The Morgan fingerprint density at radius 3 is 2.40 bits per heavy atom. The summed E-state index contributed by atoms with van der Waals surface area (Å²) in [5, 5.41) is 8.79. The third kappa shape index (κ3) is 3.58. The first kappa shape index (κ1) is 22.9. The fourth-order valence-corrected chi connectivity index (χ4v) is 5.88. The summed E-state index contributed by atoms with van der Waals surface area (Å²) >= 11 is 0. The van der Waals surface area contributed by atoms with Gasteiger partial charge in [0.25, 0.3) is 0 Å². The van der Waals surface area contributed by atoms with Crippen LogP contribution in [-0.4, -0.2) is 55.3 Å². The van der Waals surface area contributed by atoms with Gasteiger partial charge >= 0.3 is 0 Å². The van der Waals surface area contributed by atoms with Crippen molar-refractivity contribution >= 4 is 39.6 Å². The number of hydrogen-bond acceptors (Lipinski definition) is 9. The third-order valence-corrected chi connectivity index (χ3v) is 7.79. The van der Waals surface area contributed by atoms with Crippen molar-refractivity contribution in [2.24, 2.45) is 0 Å². The molecule has 1 saturated heterocycles. The van der Waals surface area contributed by atoms with Gasteiger partial charge in [-0.15, -0.1) is 0 Å². The van der Waals surface area contributed by atoms with Crippen LogP contribution in [0.15, 0.2) is 77.4 Å². The van der Waals surface area contributed by atoms with Crippen LogP contribution in [0.25, 0.3) is 22.2 Å². The highest BCUT2D eigenvalue weighted by Crippen LogP contribution is 2.47. The number of pyridine rings is 1. The highest BCUT2D eigenvalue weighted by Gasteiger charge is 2.34. The third-order valence-electron chi connectivity index (χ3n) is 7.79.